The van der Waals surface area contributed by atoms with Crippen LogP contribution in [-0.4, -0.2) is 15.7 Å². The number of nitrogens with one attached hydrogen (secondary N) is 1. The zero-order valence-electron chi connectivity index (χ0n) is 13.8. The lowest BCUT2D eigenvalue weighted by Gasteiger charge is -2.13. The third kappa shape index (κ3) is 4.38. The first-order chi connectivity index (χ1) is 12.7. The van der Waals surface area contributed by atoms with Crippen molar-refractivity contribution >= 4 is 58.0 Å². The lowest BCUT2D eigenvalue weighted by molar-refractivity contribution is 0.102. The van der Waals surface area contributed by atoms with Crippen molar-refractivity contribution in [2.45, 2.75) is 4.59 Å². The molecule has 27 heavy (non-hydrogen) atoms. The molecule has 0 aliphatic heterocycles. The van der Waals surface area contributed by atoms with Crippen molar-refractivity contribution in [1.29, 1.82) is 0 Å². The molecule has 4 nitrogen and oxygen atoms in total. The molecule has 0 bridgehead atoms. The second-order valence-electron chi connectivity index (χ2n) is 5.69. The average Bonchev–Trinajstić information content (AvgIpc) is 2.98. The van der Waals surface area contributed by atoms with Crippen molar-refractivity contribution in [1.82, 2.24) is 9.78 Å². The number of rotatable bonds is 4. The molecule has 1 heterocycles. The van der Waals surface area contributed by atoms with Crippen LogP contribution in [-0.2, 0) is 11.6 Å². The summed E-state index contributed by atoms with van der Waals surface area (Å²) in [4.78, 5) is 12.7. The smallest absolute Gasteiger partial charge is 0.302 e. The maximum atomic E-state index is 14.0. The summed E-state index contributed by atoms with van der Waals surface area (Å²) in [5, 5.41) is 7.48. The molecule has 9 heteroatoms. The Labute approximate surface area is 174 Å². The number of carbonyl (C=O) groups excluding carboxylic acids is 1. The highest BCUT2D eigenvalue weighted by molar-refractivity contribution is 6.47. The highest BCUT2D eigenvalue weighted by Gasteiger charge is 2.34. The summed E-state index contributed by atoms with van der Waals surface area (Å²) in [5.74, 6) is -0.612. The summed E-state index contributed by atoms with van der Waals surface area (Å²) in [6.07, 6.45) is 1.33. The molecule has 0 saturated heterocycles. The molecule has 0 spiro atoms. The molecule has 0 saturated carbocycles. The number of nitrogens with zero attached hydrogens (tertiary/aromatic N) is 2. The molecule has 1 amide bonds. The van der Waals surface area contributed by atoms with Gasteiger partial charge in [-0.2, -0.15) is 5.10 Å². The average molecular weight is 447 g/mol. The number of carbonyl (C=O) groups is 1. The Balaban J connectivity index is 2.00. The first kappa shape index (κ1) is 20.0. The molecular weight excluding hydrogens is 435 g/mol. The normalized spacial score (nSPS) is 11.5. The summed E-state index contributed by atoms with van der Waals surface area (Å²) >= 11 is 23.2. The van der Waals surface area contributed by atoms with Crippen LogP contribution in [0.4, 0.5) is 10.1 Å². The van der Waals surface area contributed by atoms with Gasteiger partial charge >= 0.3 is 4.59 Å². The molecule has 3 rings (SSSR count). The maximum Gasteiger partial charge on any atom is 0.302 e. The van der Waals surface area contributed by atoms with Crippen LogP contribution in [0.15, 0.2) is 48.7 Å². The van der Waals surface area contributed by atoms with E-state index in [0.717, 1.165) is 0 Å². The fourth-order valence-electron chi connectivity index (χ4n) is 2.59. The molecule has 3 aromatic rings. The zero-order chi connectivity index (χ0) is 19.8. The number of benzene rings is 2. The van der Waals surface area contributed by atoms with Gasteiger partial charge in [-0.1, -0.05) is 70.7 Å². The number of alkyl halides is 3. The minimum Gasteiger partial charge on any atom is -0.321 e. The molecule has 1 N–H and O–H groups in total. The molecule has 140 valence electrons. The number of anilines is 1. The van der Waals surface area contributed by atoms with E-state index in [2.05, 4.69) is 10.4 Å². The van der Waals surface area contributed by atoms with Gasteiger partial charge in [0.1, 0.15) is 5.69 Å². The van der Waals surface area contributed by atoms with Crippen LogP contribution in [0.2, 0.25) is 10.0 Å². The van der Waals surface area contributed by atoms with E-state index in [1.165, 1.54) is 17.9 Å². The quantitative estimate of drug-likeness (QED) is 0.484. The molecule has 0 aliphatic rings. The van der Waals surface area contributed by atoms with Crippen LogP contribution in [0, 0.1) is 0 Å². The highest BCUT2D eigenvalue weighted by atomic mass is 35.5. The fraction of sp³-hybridized carbons (Fsp3) is 0.111. The van der Waals surface area contributed by atoms with E-state index >= 15 is 0 Å². The number of hydrogen-bond donors (Lipinski definition) is 1. The second-order valence-corrected chi connectivity index (χ2v) is 7.77. The van der Waals surface area contributed by atoms with Crippen molar-refractivity contribution in [3.63, 3.8) is 0 Å². The van der Waals surface area contributed by atoms with Crippen LogP contribution < -0.4 is 5.32 Å². The number of hydrogen-bond acceptors (Lipinski definition) is 2. The lowest BCUT2D eigenvalue weighted by atomic mass is 10.0. The van der Waals surface area contributed by atoms with Crippen LogP contribution in [0.25, 0.3) is 11.1 Å². The first-order valence-corrected chi connectivity index (χ1v) is 9.14. The zero-order valence-corrected chi connectivity index (χ0v) is 16.8. The van der Waals surface area contributed by atoms with Crippen molar-refractivity contribution < 1.29 is 9.18 Å². The maximum absolute atomic E-state index is 14.0. The van der Waals surface area contributed by atoms with Gasteiger partial charge in [0, 0.05) is 40.1 Å². The van der Waals surface area contributed by atoms with E-state index in [1.54, 1.807) is 42.5 Å². The van der Waals surface area contributed by atoms with E-state index in [9.17, 15) is 9.18 Å². The van der Waals surface area contributed by atoms with Gasteiger partial charge < -0.3 is 5.32 Å². The standard InChI is InChI=1S/C18H12Cl4FN3O/c1-26-9-13(16(25-26)18(21,22)23)17(27)24-15-5-3-2-4-12(15)11-7-6-10(19)8-14(11)20/h2-9H,1H3,(H,24,27). The van der Waals surface area contributed by atoms with Gasteiger partial charge in [-0.3, -0.25) is 9.48 Å². The van der Waals surface area contributed by atoms with Gasteiger partial charge in [-0.15, -0.1) is 0 Å². The van der Waals surface area contributed by atoms with E-state index < -0.39 is 10.5 Å². The Hall–Kier alpha value is -1.79. The molecule has 0 unspecified atom stereocenters. The lowest BCUT2D eigenvalue weighted by Crippen LogP contribution is -2.17. The molecule has 2 aromatic carbocycles. The summed E-state index contributed by atoms with van der Waals surface area (Å²) in [6.45, 7) is 0. The second kappa shape index (κ2) is 7.68. The van der Waals surface area contributed by atoms with Crippen LogP contribution >= 0.6 is 46.4 Å². The minimum atomic E-state index is -2.80. The van der Waals surface area contributed by atoms with Crippen LogP contribution in [0.3, 0.4) is 0 Å². The van der Waals surface area contributed by atoms with Gasteiger partial charge in [0.05, 0.1) is 5.56 Å². The third-order valence-electron chi connectivity index (χ3n) is 3.74. The number of para-hydroxylation sites is 1. The van der Waals surface area contributed by atoms with E-state index in [1.807, 2.05) is 0 Å². The summed E-state index contributed by atoms with van der Waals surface area (Å²) in [5.41, 5.74) is 1.35. The van der Waals surface area contributed by atoms with E-state index in [-0.39, 0.29) is 11.3 Å². The Bertz CT molecular complexity index is 1010. The fourth-order valence-corrected chi connectivity index (χ4v) is 3.38. The molecule has 0 atom stereocenters. The van der Waals surface area contributed by atoms with Crippen molar-refractivity contribution in [3.8, 4) is 11.1 Å². The minimum absolute atomic E-state index is 0.0815. The van der Waals surface area contributed by atoms with E-state index in [0.29, 0.717) is 26.9 Å². The van der Waals surface area contributed by atoms with Crippen molar-refractivity contribution in [2.75, 3.05) is 5.32 Å². The highest BCUT2D eigenvalue weighted by Crippen LogP contribution is 2.38. The predicted octanol–water partition coefficient (Wildman–Crippen LogP) is 6.20. The first-order valence-electron chi connectivity index (χ1n) is 7.63. The monoisotopic (exact) mass is 445 g/mol. The van der Waals surface area contributed by atoms with Gasteiger partial charge in [-0.25, -0.2) is 4.39 Å². The Morgan fingerprint density at radius 2 is 1.85 bits per heavy atom. The predicted molar refractivity (Wildman–Crippen MR) is 108 cm³/mol. The largest absolute Gasteiger partial charge is 0.321 e. The van der Waals surface area contributed by atoms with Crippen molar-refractivity contribution in [3.05, 3.63) is 70.0 Å². The van der Waals surface area contributed by atoms with Gasteiger partial charge in [0.15, 0.2) is 0 Å². The van der Waals surface area contributed by atoms with Crippen LogP contribution in [0.1, 0.15) is 16.1 Å². The van der Waals surface area contributed by atoms with Crippen LogP contribution in [0.5, 0.6) is 0 Å². The van der Waals surface area contributed by atoms with E-state index in [4.69, 9.17) is 46.4 Å². The summed E-state index contributed by atoms with van der Waals surface area (Å²) in [7, 11) is 1.53. The van der Waals surface area contributed by atoms with Gasteiger partial charge in [-0.05, 0) is 18.2 Å². The Morgan fingerprint density at radius 3 is 2.52 bits per heavy atom. The van der Waals surface area contributed by atoms with Gasteiger partial charge in [0.2, 0.25) is 0 Å². The number of aryl methyl sites for hydroxylation is 1. The summed E-state index contributed by atoms with van der Waals surface area (Å²) in [6, 6.07) is 12.1. The van der Waals surface area contributed by atoms with Gasteiger partial charge in [0.25, 0.3) is 5.91 Å². The topological polar surface area (TPSA) is 46.9 Å². The summed E-state index contributed by atoms with van der Waals surface area (Å²) < 4.78 is 12.4. The SMILES string of the molecule is Cn1cc(C(=O)Nc2ccccc2-c2ccc(Cl)cc2Cl)c(C(F)(Cl)Cl)n1. The number of amides is 1. The molecule has 0 fully saturated rings. The molecule has 0 aliphatic carbocycles. The molecule has 0 radical (unpaired) electrons. The van der Waals surface area contributed by atoms with Crippen molar-refractivity contribution in [2.24, 2.45) is 7.05 Å². The number of aromatic nitrogens is 2. The Kier molecular flexibility index (Phi) is 5.68. The third-order valence-corrected chi connectivity index (χ3v) is 4.64. The Morgan fingerprint density at radius 1 is 1.15 bits per heavy atom. The molecule has 1 aromatic heterocycles. The number of halogens is 5. The molecular formula is C18H12Cl4FN3O.